The molecule has 10 rings (SSSR count). The highest BCUT2D eigenvalue weighted by Gasteiger charge is 2.18. The predicted molar refractivity (Wildman–Crippen MR) is 238 cm³/mol. The molecule has 266 valence electrons. The zero-order chi connectivity index (χ0) is 37.3. The molecule has 8 aromatic carbocycles. The van der Waals surface area contributed by atoms with Crippen molar-refractivity contribution in [3.63, 3.8) is 0 Å². The number of hydrogen-bond acceptors (Lipinski definition) is 1. The largest absolute Gasteiger partial charge is 0.311 e. The molecule has 1 aromatic heterocycles. The van der Waals surface area contributed by atoms with Gasteiger partial charge in [-0.25, -0.2) is 0 Å². The van der Waals surface area contributed by atoms with Crippen LogP contribution in [-0.4, -0.2) is 4.57 Å². The van der Waals surface area contributed by atoms with Crippen molar-refractivity contribution in [1.82, 2.24) is 4.57 Å². The lowest BCUT2D eigenvalue weighted by molar-refractivity contribution is 1.07. The molecule has 9 aromatic rings. The molecule has 1 aliphatic rings. The van der Waals surface area contributed by atoms with Gasteiger partial charge < -0.3 is 9.47 Å². The van der Waals surface area contributed by atoms with Crippen LogP contribution in [0.1, 0.15) is 24.0 Å². The Morgan fingerprint density at radius 2 is 0.714 bits per heavy atom. The van der Waals surface area contributed by atoms with Gasteiger partial charge in [0.05, 0.1) is 16.7 Å². The average molecular weight is 717 g/mol. The summed E-state index contributed by atoms with van der Waals surface area (Å²) in [5, 5.41) is 2.53. The molecule has 2 nitrogen and oxygen atoms in total. The maximum Gasteiger partial charge on any atom is 0.0541 e. The van der Waals surface area contributed by atoms with Crippen LogP contribution in [0.2, 0.25) is 0 Å². The van der Waals surface area contributed by atoms with Crippen LogP contribution in [0.15, 0.2) is 218 Å². The van der Waals surface area contributed by atoms with Gasteiger partial charge in [-0.15, -0.1) is 0 Å². The summed E-state index contributed by atoms with van der Waals surface area (Å²) < 4.78 is 2.41. The van der Waals surface area contributed by atoms with E-state index in [-0.39, 0.29) is 0 Å². The molecule has 0 unspecified atom stereocenters. The lowest BCUT2D eigenvalue weighted by atomic mass is 9.90. The molecular weight excluding hydrogens is 677 g/mol. The van der Waals surface area contributed by atoms with Gasteiger partial charge in [-0.3, -0.25) is 0 Å². The third kappa shape index (κ3) is 6.22. The number of fused-ring (bicyclic) bond motifs is 3. The number of anilines is 3. The van der Waals surface area contributed by atoms with E-state index in [1.165, 1.54) is 72.0 Å². The fourth-order valence-electron chi connectivity index (χ4n) is 8.36. The Hall–Kier alpha value is -7.16. The molecule has 0 bridgehead atoms. The van der Waals surface area contributed by atoms with Crippen molar-refractivity contribution in [1.29, 1.82) is 0 Å². The van der Waals surface area contributed by atoms with Crippen LogP contribution >= 0.6 is 0 Å². The van der Waals surface area contributed by atoms with Crippen LogP contribution in [0.25, 0.3) is 60.9 Å². The Morgan fingerprint density at radius 1 is 0.321 bits per heavy atom. The second-order valence-electron chi connectivity index (χ2n) is 14.5. The second-order valence-corrected chi connectivity index (χ2v) is 14.5. The van der Waals surface area contributed by atoms with E-state index >= 15 is 0 Å². The molecular formula is C54H40N2. The van der Waals surface area contributed by atoms with E-state index < -0.39 is 0 Å². The summed E-state index contributed by atoms with van der Waals surface area (Å²) in [4.78, 5) is 2.36. The van der Waals surface area contributed by atoms with Crippen molar-refractivity contribution in [2.75, 3.05) is 4.90 Å². The number of rotatable bonds is 8. The van der Waals surface area contributed by atoms with Crippen LogP contribution in [0, 0.1) is 0 Å². The number of aromatic nitrogens is 1. The SMILES string of the molecule is C1=C(c2ccccc2)CCC(c2ccc(N(c3ccc(-c4ccccc4)cc3)c3ccc(-c4ccccc4-n4c5ccccc5c5ccccc54)cc3)cc2)=C1. The van der Waals surface area contributed by atoms with Crippen LogP contribution in [0.3, 0.4) is 0 Å². The van der Waals surface area contributed by atoms with Gasteiger partial charge in [0.1, 0.15) is 0 Å². The van der Waals surface area contributed by atoms with Gasteiger partial charge in [0.15, 0.2) is 0 Å². The fourth-order valence-corrected chi connectivity index (χ4v) is 8.36. The first kappa shape index (κ1) is 33.4. The minimum absolute atomic E-state index is 1.03. The number of nitrogens with zero attached hydrogens (tertiary/aromatic N) is 2. The van der Waals surface area contributed by atoms with E-state index in [2.05, 4.69) is 228 Å². The van der Waals surface area contributed by atoms with Crippen molar-refractivity contribution in [2.45, 2.75) is 12.8 Å². The van der Waals surface area contributed by atoms with Gasteiger partial charge in [0, 0.05) is 33.4 Å². The standard InChI is InChI=1S/C54H40N2/c1-3-13-39(14-4-1)41-23-25-42(26-24-41)44-29-35-47(36-30-44)55(46-33-27-43(28-34-46)40-15-5-2-6-16-40)48-37-31-45(32-38-48)49-17-7-10-20-52(49)56-53-21-11-8-18-50(53)51-19-9-12-22-54(51)56/h1-23,25,27-38H,24,26H2. The molecule has 0 spiro atoms. The third-order valence-corrected chi connectivity index (χ3v) is 11.2. The summed E-state index contributed by atoms with van der Waals surface area (Å²) in [5.74, 6) is 0. The zero-order valence-corrected chi connectivity index (χ0v) is 31.1. The lowest BCUT2D eigenvalue weighted by Crippen LogP contribution is -2.10. The molecule has 0 aliphatic heterocycles. The fraction of sp³-hybridized carbons (Fsp3) is 0.0370. The van der Waals surface area contributed by atoms with Gasteiger partial charge in [-0.05, 0) is 106 Å². The highest BCUT2D eigenvalue weighted by Crippen LogP contribution is 2.40. The van der Waals surface area contributed by atoms with Crippen LogP contribution < -0.4 is 4.90 Å². The topological polar surface area (TPSA) is 8.17 Å². The van der Waals surface area contributed by atoms with E-state index in [0.29, 0.717) is 0 Å². The highest BCUT2D eigenvalue weighted by molar-refractivity contribution is 6.09. The van der Waals surface area contributed by atoms with Gasteiger partial charge in [0.2, 0.25) is 0 Å². The summed E-state index contributed by atoms with van der Waals surface area (Å²) in [5.41, 5.74) is 17.1. The molecule has 0 atom stereocenters. The van der Waals surface area contributed by atoms with Crippen LogP contribution in [0.5, 0.6) is 0 Å². The Morgan fingerprint density at radius 3 is 1.25 bits per heavy atom. The maximum absolute atomic E-state index is 2.41. The minimum atomic E-state index is 1.03. The minimum Gasteiger partial charge on any atom is -0.311 e. The van der Waals surface area contributed by atoms with Gasteiger partial charge >= 0.3 is 0 Å². The summed E-state index contributed by atoms with van der Waals surface area (Å²) in [6, 6.07) is 74.6. The van der Waals surface area contributed by atoms with Gasteiger partial charge in [-0.2, -0.15) is 0 Å². The quantitative estimate of drug-likeness (QED) is 0.152. The van der Waals surface area contributed by atoms with E-state index in [0.717, 1.165) is 29.9 Å². The first-order valence-electron chi connectivity index (χ1n) is 19.5. The van der Waals surface area contributed by atoms with Crippen LogP contribution in [-0.2, 0) is 0 Å². The molecule has 0 saturated heterocycles. The Labute approximate surface area is 328 Å². The van der Waals surface area contributed by atoms with Crippen LogP contribution in [0.4, 0.5) is 17.1 Å². The van der Waals surface area contributed by atoms with E-state index in [1.54, 1.807) is 0 Å². The molecule has 0 fully saturated rings. The first-order chi connectivity index (χ1) is 27.8. The number of allylic oxidation sites excluding steroid dienone is 4. The van der Waals surface area contributed by atoms with E-state index in [1.807, 2.05) is 0 Å². The number of benzene rings is 8. The summed E-state index contributed by atoms with van der Waals surface area (Å²) in [6.07, 6.45) is 6.67. The number of para-hydroxylation sites is 3. The zero-order valence-electron chi connectivity index (χ0n) is 31.1. The molecule has 56 heavy (non-hydrogen) atoms. The summed E-state index contributed by atoms with van der Waals surface area (Å²) >= 11 is 0. The molecule has 1 heterocycles. The van der Waals surface area contributed by atoms with E-state index in [9.17, 15) is 0 Å². The molecule has 1 aliphatic carbocycles. The molecule has 0 radical (unpaired) electrons. The monoisotopic (exact) mass is 716 g/mol. The number of hydrogen-bond donors (Lipinski definition) is 0. The Bertz CT molecular complexity index is 2810. The van der Waals surface area contributed by atoms with Crippen molar-refractivity contribution in [3.8, 4) is 27.9 Å². The van der Waals surface area contributed by atoms with Crippen molar-refractivity contribution in [3.05, 3.63) is 230 Å². The maximum atomic E-state index is 2.41. The first-order valence-corrected chi connectivity index (χ1v) is 19.5. The highest BCUT2D eigenvalue weighted by atomic mass is 15.1. The van der Waals surface area contributed by atoms with Crippen molar-refractivity contribution >= 4 is 50.0 Å². The lowest BCUT2D eigenvalue weighted by Gasteiger charge is -2.26. The smallest absolute Gasteiger partial charge is 0.0541 e. The summed E-state index contributed by atoms with van der Waals surface area (Å²) in [7, 11) is 0. The van der Waals surface area contributed by atoms with Crippen molar-refractivity contribution in [2.24, 2.45) is 0 Å². The molecule has 0 amide bonds. The third-order valence-electron chi connectivity index (χ3n) is 11.2. The average Bonchev–Trinajstić information content (AvgIpc) is 3.62. The Balaban J connectivity index is 1.02. The predicted octanol–water partition coefficient (Wildman–Crippen LogP) is 14.8. The molecule has 0 saturated carbocycles. The molecule has 0 N–H and O–H groups in total. The molecule has 2 heteroatoms. The Kier molecular flexibility index (Phi) is 8.70. The van der Waals surface area contributed by atoms with E-state index in [4.69, 9.17) is 0 Å². The summed E-state index contributed by atoms with van der Waals surface area (Å²) in [6.45, 7) is 0. The normalized spacial score (nSPS) is 12.7. The van der Waals surface area contributed by atoms with Gasteiger partial charge in [-0.1, -0.05) is 164 Å². The second kappa shape index (κ2) is 14.6. The van der Waals surface area contributed by atoms with Gasteiger partial charge in [0.25, 0.3) is 0 Å². The van der Waals surface area contributed by atoms with Crippen molar-refractivity contribution < 1.29 is 0 Å².